The van der Waals surface area contributed by atoms with Gasteiger partial charge in [0, 0.05) is 24.0 Å². The average molecular weight is 150 g/mol. The number of carbonyl (C=O) groups excluding carboxylic acids is 1. The van der Waals surface area contributed by atoms with Crippen LogP contribution in [0.2, 0.25) is 0 Å². The molecule has 0 heterocycles. The minimum Gasteiger partial charge on any atom is -0.399 e. The summed E-state index contributed by atoms with van der Waals surface area (Å²) in [6, 6.07) is 5.14. The van der Waals surface area contributed by atoms with Gasteiger partial charge >= 0.3 is 0 Å². The molecule has 0 aliphatic rings. The zero-order chi connectivity index (χ0) is 8.27. The number of carbonyl (C=O) groups is 1. The second-order valence-corrected chi connectivity index (χ2v) is 2.26. The maximum atomic E-state index is 10.3. The van der Waals surface area contributed by atoms with Crippen molar-refractivity contribution in [3.63, 3.8) is 0 Å². The predicted octanol–water partition coefficient (Wildman–Crippen LogP) is 1.12. The molecule has 11 heavy (non-hydrogen) atoms. The smallest absolute Gasteiger partial charge is 0.150 e. The summed E-state index contributed by atoms with van der Waals surface area (Å²) in [5, 5.41) is 2.90. The Balaban J connectivity index is 3.11. The number of hydrogen-bond donors (Lipinski definition) is 2. The highest BCUT2D eigenvalue weighted by molar-refractivity contribution is 5.79. The Morgan fingerprint density at radius 3 is 2.73 bits per heavy atom. The number of aldehydes is 1. The second-order valence-electron chi connectivity index (χ2n) is 2.26. The Bertz CT molecular complexity index is 271. The highest BCUT2D eigenvalue weighted by atomic mass is 16.1. The molecule has 0 saturated carbocycles. The third-order valence-corrected chi connectivity index (χ3v) is 1.40. The standard InChI is InChI=1S/C8H10N2O/c1-10-8-3-6(5-11)2-7(9)4-8/h2-5,10H,9H2,1H3. The number of nitrogens with two attached hydrogens (primary N) is 1. The van der Waals surface area contributed by atoms with Crippen molar-refractivity contribution in [3.05, 3.63) is 23.8 Å². The molecule has 0 bridgehead atoms. The van der Waals surface area contributed by atoms with Gasteiger partial charge in [-0.05, 0) is 18.2 Å². The number of benzene rings is 1. The summed E-state index contributed by atoms with van der Waals surface area (Å²) >= 11 is 0. The van der Waals surface area contributed by atoms with Crippen molar-refractivity contribution in [2.45, 2.75) is 0 Å². The van der Waals surface area contributed by atoms with Crippen LogP contribution in [0, 0.1) is 0 Å². The van der Waals surface area contributed by atoms with Crippen molar-refractivity contribution in [1.29, 1.82) is 0 Å². The summed E-state index contributed by atoms with van der Waals surface area (Å²) in [6.45, 7) is 0. The van der Waals surface area contributed by atoms with Gasteiger partial charge < -0.3 is 11.1 Å². The van der Waals surface area contributed by atoms with E-state index in [0.717, 1.165) is 12.0 Å². The van der Waals surface area contributed by atoms with Crippen molar-refractivity contribution in [3.8, 4) is 0 Å². The van der Waals surface area contributed by atoms with Crippen molar-refractivity contribution in [2.75, 3.05) is 18.1 Å². The Morgan fingerprint density at radius 1 is 1.45 bits per heavy atom. The van der Waals surface area contributed by atoms with E-state index in [9.17, 15) is 4.79 Å². The van der Waals surface area contributed by atoms with Gasteiger partial charge in [-0.3, -0.25) is 4.79 Å². The maximum absolute atomic E-state index is 10.3. The van der Waals surface area contributed by atoms with Gasteiger partial charge in [-0.15, -0.1) is 0 Å². The second kappa shape index (κ2) is 3.05. The highest BCUT2D eigenvalue weighted by Crippen LogP contribution is 2.14. The molecule has 1 aromatic rings. The van der Waals surface area contributed by atoms with E-state index >= 15 is 0 Å². The van der Waals surface area contributed by atoms with Crippen molar-refractivity contribution in [2.24, 2.45) is 0 Å². The lowest BCUT2D eigenvalue weighted by Crippen LogP contribution is -1.93. The van der Waals surface area contributed by atoms with E-state index in [4.69, 9.17) is 5.73 Å². The number of hydrogen-bond acceptors (Lipinski definition) is 3. The first kappa shape index (κ1) is 7.60. The third-order valence-electron chi connectivity index (χ3n) is 1.40. The molecule has 0 unspecified atom stereocenters. The number of rotatable bonds is 2. The summed E-state index contributed by atoms with van der Waals surface area (Å²) in [7, 11) is 1.78. The minimum absolute atomic E-state index is 0.592. The van der Waals surface area contributed by atoms with Gasteiger partial charge in [0.15, 0.2) is 0 Å². The fraction of sp³-hybridized carbons (Fsp3) is 0.125. The van der Waals surface area contributed by atoms with E-state index in [-0.39, 0.29) is 0 Å². The molecule has 0 fully saturated rings. The summed E-state index contributed by atoms with van der Waals surface area (Å²) in [6.07, 6.45) is 0.775. The van der Waals surface area contributed by atoms with Crippen molar-refractivity contribution < 1.29 is 4.79 Å². The van der Waals surface area contributed by atoms with Gasteiger partial charge in [0.2, 0.25) is 0 Å². The molecule has 1 rings (SSSR count). The van der Waals surface area contributed by atoms with Crippen LogP contribution < -0.4 is 11.1 Å². The summed E-state index contributed by atoms with van der Waals surface area (Å²) in [4.78, 5) is 10.3. The van der Waals surface area contributed by atoms with Gasteiger partial charge in [0.05, 0.1) is 0 Å². The SMILES string of the molecule is CNc1cc(N)cc(C=O)c1. The van der Waals surface area contributed by atoms with Crippen LogP contribution in [0.25, 0.3) is 0 Å². The average Bonchev–Trinajstić information content (AvgIpc) is 2.03. The molecular weight excluding hydrogens is 140 g/mol. The molecule has 3 N–H and O–H groups in total. The lowest BCUT2D eigenvalue weighted by Gasteiger charge is -2.01. The van der Waals surface area contributed by atoms with Crippen LogP contribution in [0.5, 0.6) is 0 Å². The summed E-state index contributed by atoms with van der Waals surface area (Å²) in [5.41, 5.74) is 7.55. The molecule has 1 aromatic carbocycles. The Morgan fingerprint density at radius 2 is 2.18 bits per heavy atom. The minimum atomic E-state index is 0.592. The molecule has 0 aliphatic carbocycles. The van der Waals surface area contributed by atoms with Crippen molar-refractivity contribution in [1.82, 2.24) is 0 Å². The highest BCUT2D eigenvalue weighted by Gasteiger charge is 1.94. The zero-order valence-electron chi connectivity index (χ0n) is 6.29. The van der Waals surface area contributed by atoms with Gasteiger partial charge in [0.25, 0.3) is 0 Å². The first-order chi connectivity index (χ1) is 5.26. The molecular formula is C8H10N2O. The first-order valence-electron chi connectivity index (χ1n) is 3.30. The lowest BCUT2D eigenvalue weighted by molar-refractivity contribution is 0.112. The molecule has 3 nitrogen and oxygen atoms in total. The quantitative estimate of drug-likeness (QED) is 0.490. The summed E-state index contributed by atoms with van der Waals surface area (Å²) < 4.78 is 0. The molecule has 3 heteroatoms. The van der Waals surface area contributed by atoms with Crippen LogP contribution in [0.3, 0.4) is 0 Å². The third kappa shape index (κ3) is 1.70. The van der Waals surface area contributed by atoms with Crippen LogP contribution in [0.15, 0.2) is 18.2 Å². The Labute approximate surface area is 65.2 Å². The Kier molecular flexibility index (Phi) is 2.11. The van der Waals surface area contributed by atoms with Crippen LogP contribution in [-0.2, 0) is 0 Å². The van der Waals surface area contributed by atoms with Crippen molar-refractivity contribution >= 4 is 17.7 Å². The molecule has 0 aromatic heterocycles. The first-order valence-corrected chi connectivity index (χ1v) is 3.30. The molecule has 0 aliphatic heterocycles. The van der Waals surface area contributed by atoms with E-state index in [1.165, 1.54) is 0 Å². The van der Waals surface area contributed by atoms with E-state index in [1.807, 2.05) is 0 Å². The van der Waals surface area contributed by atoms with E-state index < -0.39 is 0 Å². The normalized spacial score (nSPS) is 9.18. The van der Waals surface area contributed by atoms with Gasteiger partial charge in [0.1, 0.15) is 6.29 Å². The molecule has 0 atom stereocenters. The van der Waals surface area contributed by atoms with Crippen LogP contribution in [0.4, 0.5) is 11.4 Å². The topological polar surface area (TPSA) is 55.1 Å². The fourth-order valence-corrected chi connectivity index (χ4v) is 0.889. The molecule has 0 spiro atoms. The Hall–Kier alpha value is -1.51. The maximum Gasteiger partial charge on any atom is 0.150 e. The molecule has 0 radical (unpaired) electrons. The molecule has 0 amide bonds. The molecule has 58 valence electrons. The number of nitrogen functional groups attached to an aromatic ring is 1. The molecule has 0 saturated heterocycles. The van der Waals surface area contributed by atoms with E-state index in [2.05, 4.69) is 5.32 Å². The van der Waals surface area contributed by atoms with Crippen LogP contribution in [-0.4, -0.2) is 13.3 Å². The number of anilines is 2. The fourth-order valence-electron chi connectivity index (χ4n) is 0.889. The van der Waals surface area contributed by atoms with E-state index in [1.54, 1.807) is 25.2 Å². The number of nitrogens with one attached hydrogen (secondary N) is 1. The van der Waals surface area contributed by atoms with Crippen LogP contribution >= 0.6 is 0 Å². The largest absolute Gasteiger partial charge is 0.399 e. The van der Waals surface area contributed by atoms with E-state index in [0.29, 0.717) is 11.3 Å². The van der Waals surface area contributed by atoms with Crippen LogP contribution in [0.1, 0.15) is 10.4 Å². The van der Waals surface area contributed by atoms with Gasteiger partial charge in [-0.2, -0.15) is 0 Å². The zero-order valence-corrected chi connectivity index (χ0v) is 6.29. The van der Waals surface area contributed by atoms with Gasteiger partial charge in [-0.25, -0.2) is 0 Å². The van der Waals surface area contributed by atoms with Gasteiger partial charge in [-0.1, -0.05) is 0 Å². The summed E-state index contributed by atoms with van der Waals surface area (Å²) in [5.74, 6) is 0. The lowest BCUT2D eigenvalue weighted by atomic mass is 10.2. The predicted molar refractivity (Wildman–Crippen MR) is 45.8 cm³/mol. The monoisotopic (exact) mass is 150 g/mol.